The second-order valence-corrected chi connectivity index (χ2v) is 2.34. The van der Waals surface area contributed by atoms with Crippen molar-refractivity contribution in [3.05, 3.63) is 18.6 Å². The summed E-state index contributed by atoms with van der Waals surface area (Å²) in [5.41, 5.74) is 0. The Labute approximate surface area is 68.7 Å². The number of hydrogen-bond donors (Lipinski definition) is 1. The van der Waals surface area contributed by atoms with Crippen LogP contribution >= 0.6 is 0 Å². The minimum Gasteiger partial charge on any atom is -0.353 e. The van der Waals surface area contributed by atoms with E-state index >= 15 is 0 Å². The van der Waals surface area contributed by atoms with Crippen LogP contribution in [-0.2, 0) is 4.79 Å². The topological polar surface area (TPSA) is 29.1 Å². The second-order valence-electron chi connectivity index (χ2n) is 2.34. The average molecular weight is 154 g/mol. The number of allylic oxidation sites excluding steroid dienone is 1. The van der Waals surface area contributed by atoms with Gasteiger partial charge >= 0.3 is 0 Å². The molecule has 1 N–H and O–H groups in total. The molecule has 0 atom stereocenters. The summed E-state index contributed by atoms with van der Waals surface area (Å²) in [6.45, 7) is 4.76. The number of carbonyl (C=O) groups excluding carboxylic acids is 1. The number of amides is 1. The molecule has 11 heavy (non-hydrogen) atoms. The van der Waals surface area contributed by atoms with Crippen molar-refractivity contribution in [3.63, 3.8) is 0 Å². The van der Waals surface area contributed by atoms with Gasteiger partial charge in [-0.3, -0.25) is 4.79 Å². The zero-order chi connectivity index (χ0) is 8.53. The molecule has 0 aromatic carbocycles. The first-order valence-corrected chi connectivity index (χ1v) is 4.05. The fraction of sp³-hybridized carbons (Fsp3) is 0.556. The Morgan fingerprint density at radius 1 is 1.55 bits per heavy atom. The lowest BCUT2D eigenvalue weighted by Crippen LogP contribution is -2.21. The molecule has 0 aliphatic rings. The Hall–Kier alpha value is -0.790. The van der Waals surface area contributed by atoms with Gasteiger partial charge in [-0.05, 0) is 18.9 Å². The van der Waals surface area contributed by atoms with E-state index in [2.05, 4.69) is 12.2 Å². The predicted molar refractivity (Wildman–Crippen MR) is 47.0 cm³/mol. The summed E-state index contributed by atoms with van der Waals surface area (Å²) in [6.07, 6.45) is 7.27. The van der Waals surface area contributed by atoms with Crippen LogP contribution in [0.2, 0.25) is 0 Å². The third-order valence-corrected chi connectivity index (χ3v) is 1.27. The highest BCUT2D eigenvalue weighted by molar-refractivity contribution is 5.87. The molecule has 2 nitrogen and oxygen atoms in total. The third kappa shape index (κ3) is 7.10. The maximum Gasteiger partial charge on any atom is 0.243 e. The molecular formula is C9H16NO. The fourth-order valence-electron chi connectivity index (χ4n) is 0.631. The maximum absolute atomic E-state index is 10.9. The Kier molecular flexibility index (Phi) is 6.79. The summed E-state index contributed by atoms with van der Waals surface area (Å²) in [5.74, 6) is -0.00319. The van der Waals surface area contributed by atoms with E-state index in [1.54, 1.807) is 6.08 Å². The lowest BCUT2D eigenvalue weighted by molar-refractivity contribution is -0.116. The van der Waals surface area contributed by atoms with Crippen LogP contribution in [-0.4, -0.2) is 12.5 Å². The van der Waals surface area contributed by atoms with E-state index in [1.165, 1.54) is 6.08 Å². The summed E-state index contributed by atoms with van der Waals surface area (Å²) in [4.78, 5) is 10.9. The van der Waals surface area contributed by atoms with Crippen molar-refractivity contribution >= 4 is 5.91 Å². The molecule has 0 saturated heterocycles. The van der Waals surface area contributed by atoms with Gasteiger partial charge in [0.25, 0.3) is 0 Å². The van der Waals surface area contributed by atoms with Crippen LogP contribution in [0.3, 0.4) is 0 Å². The van der Waals surface area contributed by atoms with Crippen molar-refractivity contribution in [2.75, 3.05) is 6.54 Å². The molecule has 0 aromatic heterocycles. The van der Waals surface area contributed by atoms with E-state index in [-0.39, 0.29) is 5.91 Å². The zero-order valence-electron chi connectivity index (χ0n) is 7.26. The second kappa shape index (κ2) is 7.32. The molecule has 63 valence electrons. The molecule has 2 heteroatoms. The minimum atomic E-state index is -0.00319. The molecule has 0 heterocycles. The molecule has 0 bridgehead atoms. The molecule has 1 amide bonds. The van der Waals surface area contributed by atoms with E-state index in [0.29, 0.717) is 0 Å². The Balaban J connectivity index is 3.30. The van der Waals surface area contributed by atoms with Crippen molar-refractivity contribution < 1.29 is 4.79 Å². The molecule has 0 aliphatic carbocycles. The normalized spacial score (nSPS) is 10.4. The summed E-state index contributed by atoms with van der Waals surface area (Å²) >= 11 is 0. The maximum atomic E-state index is 10.9. The smallest absolute Gasteiger partial charge is 0.243 e. The first-order valence-electron chi connectivity index (χ1n) is 4.05. The van der Waals surface area contributed by atoms with Crippen LogP contribution in [0.1, 0.15) is 26.7 Å². The van der Waals surface area contributed by atoms with Crippen LogP contribution in [0.15, 0.2) is 12.2 Å². The van der Waals surface area contributed by atoms with Gasteiger partial charge < -0.3 is 5.32 Å². The van der Waals surface area contributed by atoms with Gasteiger partial charge in [-0.25, -0.2) is 0 Å². The molecule has 0 saturated carbocycles. The number of carbonyl (C=O) groups is 1. The van der Waals surface area contributed by atoms with Gasteiger partial charge in [-0.2, -0.15) is 0 Å². The van der Waals surface area contributed by atoms with E-state index in [1.807, 2.05) is 13.3 Å². The van der Waals surface area contributed by atoms with Crippen molar-refractivity contribution in [1.82, 2.24) is 5.32 Å². The number of unbranched alkanes of at least 4 members (excludes halogenated alkanes) is 1. The van der Waals surface area contributed by atoms with Crippen LogP contribution in [0.4, 0.5) is 0 Å². The fourth-order valence-corrected chi connectivity index (χ4v) is 0.631. The standard InChI is InChI=1S/C9H16NO/c1-3-5-7-9(11)10-8-6-4-2/h3,5,7H,4,6,8H2,1-2H3,(H,10,11)/b7-5+. The zero-order valence-corrected chi connectivity index (χ0v) is 7.26. The molecular weight excluding hydrogens is 138 g/mol. The first kappa shape index (κ1) is 10.2. The van der Waals surface area contributed by atoms with Crippen molar-refractivity contribution in [2.45, 2.75) is 26.7 Å². The van der Waals surface area contributed by atoms with Gasteiger partial charge in [0, 0.05) is 6.54 Å². The highest BCUT2D eigenvalue weighted by Gasteiger charge is 1.90. The van der Waals surface area contributed by atoms with Gasteiger partial charge in [0.15, 0.2) is 0 Å². The SMILES string of the molecule is C[CH]/C=C/C(=O)NCCCC. The van der Waals surface area contributed by atoms with Crippen molar-refractivity contribution in [3.8, 4) is 0 Å². The molecule has 0 spiro atoms. The van der Waals surface area contributed by atoms with Crippen LogP contribution in [0.5, 0.6) is 0 Å². The third-order valence-electron chi connectivity index (χ3n) is 1.27. The Morgan fingerprint density at radius 2 is 2.27 bits per heavy atom. The number of rotatable bonds is 5. The van der Waals surface area contributed by atoms with Gasteiger partial charge in [0.05, 0.1) is 0 Å². The average Bonchev–Trinajstić information content (AvgIpc) is 2.01. The van der Waals surface area contributed by atoms with Crippen LogP contribution in [0.25, 0.3) is 0 Å². The highest BCUT2D eigenvalue weighted by Crippen LogP contribution is 1.83. The number of hydrogen-bond acceptors (Lipinski definition) is 1. The summed E-state index contributed by atoms with van der Waals surface area (Å²) < 4.78 is 0. The Morgan fingerprint density at radius 3 is 2.82 bits per heavy atom. The van der Waals surface area contributed by atoms with Crippen LogP contribution < -0.4 is 5.32 Å². The lowest BCUT2D eigenvalue weighted by atomic mass is 10.3. The first-order chi connectivity index (χ1) is 5.31. The molecule has 0 rings (SSSR count). The summed E-state index contributed by atoms with van der Waals surface area (Å²) in [5, 5.41) is 2.77. The van der Waals surface area contributed by atoms with E-state index in [4.69, 9.17) is 0 Å². The quantitative estimate of drug-likeness (QED) is 0.474. The predicted octanol–water partition coefficient (Wildman–Crippen LogP) is 1.68. The molecule has 0 fully saturated rings. The number of nitrogens with one attached hydrogen (secondary N) is 1. The van der Waals surface area contributed by atoms with Gasteiger partial charge in [-0.15, -0.1) is 0 Å². The largest absolute Gasteiger partial charge is 0.353 e. The van der Waals surface area contributed by atoms with E-state index in [9.17, 15) is 4.79 Å². The van der Waals surface area contributed by atoms with Gasteiger partial charge in [0.1, 0.15) is 0 Å². The van der Waals surface area contributed by atoms with E-state index in [0.717, 1.165) is 19.4 Å². The van der Waals surface area contributed by atoms with Gasteiger partial charge in [0.2, 0.25) is 5.91 Å². The monoisotopic (exact) mass is 154 g/mol. The Bertz CT molecular complexity index is 130. The molecule has 0 unspecified atom stereocenters. The van der Waals surface area contributed by atoms with Crippen molar-refractivity contribution in [2.24, 2.45) is 0 Å². The summed E-state index contributed by atoms with van der Waals surface area (Å²) in [6, 6.07) is 0. The van der Waals surface area contributed by atoms with Crippen LogP contribution in [0, 0.1) is 6.42 Å². The van der Waals surface area contributed by atoms with E-state index < -0.39 is 0 Å². The minimum absolute atomic E-state index is 0.00319. The summed E-state index contributed by atoms with van der Waals surface area (Å²) in [7, 11) is 0. The van der Waals surface area contributed by atoms with Crippen molar-refractivity contribution in [1.29, 1.82) is 0 Å². The molecule has 1 radical (unpaired) electrons. The van der Waals surface area contributed by atoms with Gasteiger partial charge in [-0.1, -0.05) is 26.3 Å². The molecule has 0 aromatic rings. The molecule has 0 aliphatic heterocycles. The lowest BCUT2D eigenvalue weighted by Gasteiger charge is -1.98. The highest BCUT2D eigenvalue weighted by atomic mass is 16.1.